The molecule has 2 aromatic rings. The number of hydrogen-bond donors (Lipinski definition) is 0. The van der Waals surface area contributed by atoms with Gasteiger partial charge >= 0.3 is 0 Å². The number of aryl methyl sites for hydroxylation is 2. The van der Waals surface area contributed by atoms with Crippen LogP contribution in [-0.2, 0) is 16.6 Å². The van der Waals surface area contributed by atoms with Crippen LogP contribution in [-0.4, -0.2) is 54.1 Å². The zero-order valence-electron chi connectivity index (χ0n) is 13.3. The number of rotatable bonds is 4. The van der Waals surface area contributed by atoms with Crippen molar-refractivity contribution in [1.82, 2.24) is 19.5 Å². The molecule has 0 atom stereocenters. The molecule has 0 saturated carbocycles. The second-order valence-electron chi connectivity index (χ2n) is 5.79. The molecule has 0 radical (unpaired) electrons. The molecular weight excluding hydrogens is 316 g/mol. The van der Waals surface area contributed by atoms with Crippen molar-refractivity contribution in [2.45, 2.75) is 25.3 Å². The molecule has 7 nitrogen and oxygen atoms in total. The van der Waals surface area contributed by atoms with Crippen molar-refractivity contribution in [1.29, 1.82) is 0 Å². The summed E-state index contributed by atoms with van der Waals surface area (Å²) in [5, 5.41) is 7.64. The van der Waals surface area contributed by atoms with Gasteiger partial charge in [0.25, 0.3) is 0 Å². The van der Waals surface area contributed by atoms with E-state index in [-0.39, 0.29) is 0 Å². The van der Waals surface area contributed by atoms with Crippen molar-refractivity contribution in [3.8, 4) is 0 Å². The number of nitrogens with zero attached hydrogens (tertiary/aromatic N) is 4. The van der Waals surface area contributed by atoms with E-state index < -0.39 is 10.0 Å². The van der Waals surface area contributed by atoms with Crippen molar-refractivity contribution >= 4 is 10.0 Å². The zero-order chi connectivity index (χ0) is 16.4. The fourth-order valence-electron chi connectivity index (χ4n) is 2.59. The van der Waals surface area contributed by atoms with E-state index in [0.717, 1.165) is 17.0 Å². The lowest BCUT2D eigenvalue weighted by atomic mass is 10.2. The molecule has 0 aliphatic carbocycles. The second-order valence-corrected chi connectivity index (χ2v) is 7.73. The van der Waals surface area contributed by atoms with Crippen molar-refractivity contribution < 1.29 is 13.0 Å². The predicted molar refractivity (Wildman–Crippen MR) is 84.2 cm³/mol. The lowest BCUT2D eigenvalue weighted by Gasteiger charge is -2.33. The van der Waals surface area contributed by atoms with Crippen LogP contribution in [0.5, 0.6) is 0 Å². The van der Waals surface area contributed by atoms with Crippen molar-refractivity contribution in [3.63, 3.8) is 0 Å². The largest absolute Gasteiger partial charge is 0.295 e. The topological polar surface area (TPSA) is 79.5 Å². The minimum Gasteiger partial charge on any atom is -0.295 e. The van der Waals surface area contributed by atoms with E-state index in [1.165, 1.54) is 0 Å². The summed E-state index contributed by atoms with van der Waals surface area (Å²) >= 11 is 0. The summed E-state index contributed by atoms with van der Waals surface area (Å²) in [5.41, 5.74) is 2.63. The van der Waals surface area contributed by atoms with Gasteiger partial charge in [0.15, 0.2) is 0 Å². The van der Waals surface area contributed by atoms with E-state index in [4.69, 9.17) is 4.63 Å². The van der Waals surface area contributed by atoms with Crippen LogP contribution in [0.2, 0.25) is 0 Å². The third-order valence-electron chi connectivity index (χ3n) is 4.11. The highest BCUT2D eigenvalue weighted by molar-refractivity contribution is 7.89. The number of piperazine rings is 1. The highest BCUT2D eigenvalue weighted by Gasteiger charge is 2.28. The highest BCUT2D eigenvalue weighted by atomic mass is 32.2. The third kappa shape index (κ3) is 3.44. The molecule has 0 N–H and O–H groups in total. The predicted octanol–water partition coefficient (Wildman–Crippen LogP) is 1.19. The molecule has 124 valence electrons. The molecule has 1 aromatic heterocycles. The van der Waals surface area contributed by atoms with Gasteiger partial charge in [0.1, 0.15) is 11.4 Å². The number of hydrogen-bond acceptors (Lipinski definition) is 6. The first-order valence-corrected chi connectivity index (χ1v) is 8.98. The molecular formula is C15H20N4O3S. The summed E-state index contributed by atoms with van der Waals surface area (Å²) in [7, 11) is -3.41. The summed E-state index contributed by atoms with van der Waals surface area (Å²) in [4.78, 5) is 2.52. The van der Waals surface area contributed by atoms with Crippen LogP contribution < -0.4 is 0 Å². The van der Waals surface area contributed by atoms with Gasteiger partial charge in [-0.15, -0.1) is 0 Å². The first kappa shape index (κ1) is 16.1. The van der Waals surface area contributed by atoms with Crippen molar-refractivity contribution in [2.75, 3.05) is 26.2 Å². The number of aromatic nitrogens is 2. The maximum Gasteiger partial charge on any atom is 0.243 e. The van der Waals surface area contributed by atoms with Crippen LogP contribution in [0.4, 0.5) is 0 Å². The lowest BCUT2D eigenvalue weighted by molar-refractivity contribution is 0.176. The molecule has 0 unspecified atom stereocenters. The Morgan fingerprint density at radius 1 is 1.04 bits per heavy atom. The van der Waals surface area contributed by atoms with Gasteiger partial charge in [0.2, 0.25) is 10.0 Å². The SMILES string of the molecule is Cc1ccc(S(=O)(=O)N2CCN(Cc3nonc3C)CC2)cc1. The first-order valence-electron chi connectivity index (χ1n) is 7.54. The fraction of sp³-hybridized carbons (Fsp3) is 0.467. The van der Waals surface area contributed by atoms with Crippen LogP contribution in [0.3, 0.4) is 0 Å². The van der Waals surface area contributed by atoms with E-state index in [9.17, 15) is 8.42 Å². The summed E-state index contributed by atoms with van der Waals surface area (Å²) in [6.45, 7) is 6.70. The molecule has 1 aliphatic heterocycles. The second kappa shape index (κ2) is 6.38. The Bertz CT molecular complexity index is 762. The molecule has 1 aliphatic rings. The number of sulfonamides is 1. The highest BCUT2D eigenvalue weighted by Crippen LogP contribution is 2.19. The summed E-state index contributed by atoms with van der Waals surface area (Å²) < 4.78 is 31.5. The molecule has 8 heteroatoms. The minimum absolute atomic E-state index is 0.355. The van der Waals surface area contributed by atoms with E-state index >= 15 is 0 Å². The Morgan fingerprint density at radius 2 is 1.70 bits per heavy atom. The van der Waals surface area contributed by atoms with Gasteiger partial charge in [-0.3, -0.25) is 4.90 Å². The van der Waals surface area contributed by atoms with E-state index in [0.29, 0.717) is 37.6 Å². The van der Waals surface area contributed by atoms with Crippen LogP contribution in [0.15, 0.2) is 33.8 Å². The zero-order valence-corrected chi connectivity index (χ0v) is 14.1. The van der Waals surface area contributed by atoms with E-state index in [2.05, 4.69) is 15.2 Å². The molecule has 3 rings (SSSR count). The molecule has 0 bridgehead atoms. The molecule has 23 heavy (non-hydrogen) atoms. The lowest BCUT2D eigenvalue weighted by Crippen LogP contribution is -2.48. The molecule has 2 heterocycles. The molecule has 1 fully saturated rings. The molecule has 1 saturated heterocycles. The maximum absolute atomic E-state index is 12.6. The quantitative estimate of drug-likeness (QED) is 0.834. The van der Waals surface area contributed by atoms with Gasteiger partial charge < -0.3 is 0 Å². The van der Waals surface area contributed by atoms with E-state index in [1.807, 2.05) is 26.0 Å². The maximum atomic E-state index is 12.6. The van der Waals surface area contributed by atoms with Crippen LogP contribution in [0.25, 0.3) is 0 Å². The summed E-state index contributed by atoms with van der Waals surface area (Å²) in [5.74, 6) is 0. The van der Waals surface area contributed by atoms with Crippen LogP contribution in [0.1, 0.15) is 17.0 Å². The Hall–Kier alpha value is -1.77. The van der Waals surface area contributed by atoms with Gasteiger partial charge in [-0.1, -0.05) is 28.0 Å². The van der Waals surface area contributed by atoms with Crippen molar-refractivity contribution in [3.05, 3.63) is 41.2 Å². The Balaban J connectivity index is 1.64. The standard InChI is InChI=1S/C15H20N4O3S/c1-12-3-5-14(6-4-12)23(20,21)19-9-7-18(8-10-19)11-15-13(2)16-22-17-15/h3-6H,7-11H2,1-2H3. The van der Waals surface area contributed by atoms with Gasteiger partial charge in [0, 0.05) is 32.7 Å². The first-order chi connectivity index (χ1) is 11.0. The van der Waals surface area contributed by atoms with Gasteiger partial charge in [-0.25, -0.2) is 13.0 Å². The minimum atomic E-state index is -3.41. The normalized spacial score (nSPS) is 17.5. The van der Waals surface area contributed by atoms with E-state index in [1.54, 1.807) is 16.4 Å². The molecule has 1 aromatic carbocycles. The average Bonchev–Trinajstić information content (AvgIpc) is 2.93. The molecule has 0 amide bonds. The summed E-state index contributed by atoms with van der Waals surface area (Å²) in [6, 6.07) is 6.98. The monoisotopic (exact) mass is 336 g/mol. The van der Waals surface area contributed by atoms with Crippen LogP contribution in [0, 0.1) is 13.8 Å². The Labute approximate surface area is 135 Å². The van der Waals surface area contributed by atoms with Gasteiger partial charge in [0.05, 0.1) is 4.90 Å². The van der Waals surface area contributed by atoms with Crippen LogP contribution >= 0.6 is 0 Å². The van der Waals surface area contributed by atoms with Gasteiger partial charge in [-0.05, 0) is 26.0 Å². The fourth-order valence-corrected chi connectivity index (χ4v) is 4.01. The smallest absolute Gasteiger partial charge is 0.243 e. The number of benzene rings is 1. The Kier molecular flexibility index (Phi) is 4.47. The Morgan fingerprint density at radius 3 is 2.26 bits per heavy atom. The third-order valence-corrected chi connectivity index (χ3v) is 6.02. The summed E-state index contributed by atoms with van der Waals surface area (Å²) in [6.07, 6.45) is 0. The average molecular weight is 336 g/mol. The van der Waals surface area contributed by atoms with Gasteiger partial charge in [-0.2, -0.15) is 4.31 Å². The van der Waals surface area contributed by atoms with Crippen molar-refractivity contribution in [2.24, 2.45) is 0 Å². The molecule has 0 spiro atoms.